The molecule has 0 unspecified atom stereocenters. The fourth-order valence-electron chi connectivity index (χ4n) is 2.76. The van der Waals surface area contributed by atoms with Gasteiger partial charge in [-0.25, -0.2) is 4.98 Å². The van der Waals surface area contributed by atoms with E-state index < -0.39 is 5.60 Å². The summed E-state index contributed by atoms with van der Waals surface area (Å²) in [4.78, 5) is 4.65. The highest BCUT2D eigenvalue weighted by Gasteiger charge is 2.49. The minimum absolute atomic E-state index is 0.0316. The molecule has 20 heavy (non-hydrogen) atoms. The number of hydrogen-bond donors (Lipinski definition) is 1. The molecule has 1 aromatic heterocycles. The maximum atomic E-state index is 5.93. The molecular weight excluding hydrogens is 256 g/mol. The Hall–Kier alpha value is -1.17. The quantitative estimate of drug-likeness (QED) is 0.908. The standard InChI is InChI=1S/C15H22N2O3/c1-11(2)9-18-14-5-3-4-12(17-14)15-6-7-16-8-13(15)19-10-20-15/h3-5,11,13,16H,6-10H2,1-2H3/t13-,15-/m1/s1. The van der Waals surface area contributed by atoms with Gasteiger partial charge in [0.1, 0.15) is 18.5 Å². The van der Waals surface area contributed by atoms with Crippen LogP contribution < -0.4 is 10.1 Å². The highest BCUT2D eigenvalue weighted by Crippen LogP contribution is 2.40. The SMILES string of the molecule is CC(C)COc1cccc([C@]23CCNC[C@H]2OCO3)n1. The number of rotatable bonds is 4. The molecule has 2 atom stereocenters. The molecule has 2 aliphatic heterocycles. The van der Waals surface area contributed by atoms with E-state index in [4.69, 9.17) is 14.2 Å². The Bertz CT molecular complexity index is 466. The van der Waals surface area contributed by atoms with Crippen molar-refractivity contribution in [3.05, 3.63) is 23.9 Å². The van der Waals surface area contributed by atoms with Crippen molar-refractivity contribution in [2.75, 3.05) is 26.5 Å². The molecule has 0 spiro atoms. The topological polar surface area (TPSA) is 52.6 Å². The van der Waals surface area contributed by atoms with Crippen LogP contribution in [-0.2, 0) is 15.1 Å². The molecule has 2 fully saturated rings. The molecule has 0 amide bonds. The number of aromatic nitrogens is 1. The van der Waals surface area contributed by atoms with Gasteiger partial charge in [0.2, 0.25) is 5.88 Å². The highest BCUT2D eigenvalue weighted by atomic mass is 16.7. The summed E-state index contributed by atoms with van der Waals surface area (Å²) in [6.07, 6.45) is 0.905. The Morgan fingerprint density at radius 1 is 1.50 bits per heavy atom. The van der Waals surface area contributed by atoms with Crippen molar-refractivity contribution in [3.8, 4) is 5.88 Å². The molecule has 5 nitrogen and oxygen atoms in total. The zero-order valence-electron chi connectivity index (χ0n) is 12.1. The van der Waals surface area contributed by atoms with Crippen molar-refractivity contribution >= 4 is 0 Å². The van der Waals surface area contributed by atoms with Gasteiger partial charge < -0.3 is 19.5 Å². The van der Waals surface area contributed by atoms with Crippen LogP contribution in [0.3, 0.4) is 0 Å². The molecule has 2 saturated heterocycles. The van der Waals surface area contributed by atoms with Crippen molar-refractivity contribution in [3.63, 3.8) is 0 Å². The average molecular weight is 278 g/mol. The summed E-state index contributed by atoms with van der Waals surface area (Å²) in [5, 5.41) is 3.34. The predicted molar refractivity (Wildman–Crippen MR) is 74.6 cm³/mol. The van der Waals surface area contributed by atoms with Gasteiger partial charge in [0, 0.05) is 12.6 Å². The first-order valence-electron chi connectivity index (χ1n) is 7.27. The molecule has 1 N–H and O–H groups in total. The first-order valence-corrected chi connectivity index (χ1v) is 7.27. The van der Waals surface area contributed by atoms with Gasteiger partial charge >= 0.3 is 0 Å². The van der Waals surface area contributed by atoms with E-state index in [0.29, 0.717) is 25.2 Å². The third-order valence-corrected chi connectivity index (χ3v) is 3.83. The molecule has 110 valence electrons. The van der Waals surface area contributed by atoms with Crippen molar-refractivity contribution < 1.29 is 14.2 Å². The second-order valence-corrected chi connectivity index (χ2v) is 5.83. The lowest BCUT2D eigenvalue weighted by molar-refractivity contribution is -0.0303. The van der Waals surface area contributed by atoms with E-state index in [1.165, 1.54) is 0 Å². The lowest BCUT2D eigenvalue weighted by Gasteiger charge is -2.36. The van der Waals surface area contributed by atoms with Crippen LogP contribution in [0.5, 0.6) is 5.88 Å². The fraction of sp³-hybridized carbons (Fsp3) is 0.667. The van der Waals surface area contributed by atoms with Crippen LogP contribution in [0.2, 0.25) is 0 Å². The van der Waals surface area contributed by atoms with Gasteiger partial charge in [0.15, 0.2) is 0 Å². The van der Waals surface area contributed by atoms with Crippen LogP contribution in [0.25, 0.3) is 0 Å². The lowest BCUT2D eigenvalue weighted by atomic mass is 9.86. The molecule has 0 bridgehead atoms. The Morgan fingerprint density at radius 2 is 2.40 bits per heavy atom. The molecule has 5 heteroatoms. The molecule has 1 aromatic rings. The highest BCUT2D eigenvalue weighted by molar-refractivity contribution is 5.24. The summed E-state index contributed by atoms with van der Waals surface area (Å²) >= 11 is 0. The number of piperidine rings is 1. The van der Waals surface area contributed by atoms with E-state index in [9.17, 15) is 0 Å². The van der Waals surface area contributed by atoms with E-state index in [0.717, 1.165) is 25.2 Å². The summed E-state index contributed by atoms with van der Waals surface area (Å²) in [6, 6.07) is 5.89. The molecular formula is C15H22N2O3. The van der Waals surface area contributed by atoms with Crippen LogP contribution in [0.4, 0.5) is 0 Å². The largest absolute Gasteiger partial charge is 0.477 e. The minimum Gasteiger partial charge on any atom is -0.477 e. The molecule has 0 radical (unpaired) electrons. The van der Waals surface area contributed by atoms with Crippen LogP contribution in [0.15, 0.2) is 18.2 Å². The zero-order chi connectivity index (χ0) is 14.0. The van der Waals surface area contributed by atoms with Gasteiger partial charge in [-0.1, -0.05) is 19.9 Å². The van der Waals surface area contributed by atoms with Crippen LogP contribution in [-0.4, -0.2) is 37.6 Å². The van der Waals surface area contributed by atoms with Crippen molar-refractivity contribution in [2.24, 2.45) is 5.92 Å². The average Bonchev–Trinajstić information content (AvgIpc) is 2.90. The fourth-order valence-corrected chi connectivity index (χ4v) is 2.76. The third kappa shape index (κ3) is 2.53. The Labute approximate surface area is 119 Å². The summed E-state index contributed by atoms with van der Waals surface area (Å²) < 4.78 is 17.3. The number of ether oxygens (including phenoxy) is 3. The number of nitrogens with zero attached hydrogens (tertiary/aromatic N) is 1. The number of nitrogens with one attached hydrogen (secondary N) is 1. The molecule has 2 aliphatic rings. The summed E-state index contributed by atoms with van der Waals surface area (Å²) in [6.45, 7) is 6.98. The molecule has 3 rings (SSSR count). The van der Waals surface area contributed by atoms with E-state index in [2.05, 4.69) is 24.1 Å². The van der Waals surface area contributed by atoms with Gasteiger partial charge in [-0.05, 0) is 24.9 Å². The van der Waals surface area contributed by atoms with Gasteiger partial charge in [-0.2, -0.15) is 0 Å². The summed E-state index contributed by atoms with van der Waals surface area (Å²) in [5.74, 6) is 1.15. The molecule has 3 heterocycles. The Kier molecular flexibility index (Phi) is 3.92. The summed E-state index contributed by atoms with van der Waals surface area (Å²) in [7, 11) is 0. The second kappa shape index (κ2) is 5.68. The second-order valence-electron chi connectivity index (χ2n) is 5.83. The normalized spacial score (nSPS) is 29.4. The molecule has 0 aliphatic carbocycles. The maximum Gasteiger partial charge on any atom is 0.213 e. The van der Waals surface area contributed by atoms with Gasteiger partial charge in [0.05, 0.1) is 12.3 Å². The Balaban J connectivity index is 1.83. The smallest absolute Gasteiger partial charge is 0.213 e. The third-order valence-electron chi connectivity index (χ3n) is 3.83. The molecule has 0 saturated carbocycles. The van der Waals surface area contributed by atoms with E-state index in [1.807, 2.05) is 18.2 Å². The van der Waals surface area contributed by atoms with Gasteiger partial charge in [-0.3, -0.25) is 0 Å². The molecule has 0 aromatic carbocycles. The Morgan fingerprint density at radius 3 is 3.25 bits per heavy atom. The van der Waals surface area contributed by atoms with Crippen molar-refractivity contribution in [1.82, 2.24) is 10.3 Å². The van der Waals surface area contributed by atoms with Crippen LogP contribution in [0, 0.1) is 5.92 Å². The van der Waals surface area contributed by atoms with Crippen molar-refractivity contribution in [1.29, 1.82) is 0 Å². The van der Waals surface area contributed by atoms with E-state index in [-0.39, 0.29) is 6.10 Å². The van der Waals surface area contributed by atoms with E-state index >= 15 is 0 Å². The maximum absolute atomic E-state index is 5.93. The number of fused-ring (bicyclic) bond motifs is 1. The first kappa shape index (κ1) is 13.8. The lowest BCUT2D eigenvalue weighted by Crippen LogP contribution is -2.50. The number of hydrogen-bond acceptors (Lipinski definition) is 5. The predicted octanol–water partition coefficient (Wildman–Crippen LogP) is 1.68. The first-order chi connectivity index (χ1) is 9.71. The summed E-state index contributed by atoms with van der Waals surface area (Å²) in [5.41, 5.74) is 0.505. The van der Waals surface area contributed by atoms with E-state index in [1.54, 1.807) is 0 Å². The van der Waals surface area contributed by atoms with Gasteiger partial charge in [-0.15, -0.1) is 0 Å². The number of pyridine rings is 1. The van der Waals surface area contributed by atoms with Crippen molar-refractivity contribution in [2.45, 2.75) is 32.0 Å². The minimum atomic E-state index is -0.414. The zero-order valence-corrected chi connectivity index (χ0v) is 12.1. The van der Waals surface area contributed by atoms with Crippen LogP contribution in [0.1, 0.15) is 26.0 Å². The van der Waals surface area contributed by atoms with Crippen LogP contribution >= 0.6 is 0 Å². The van der Waals surface area contributed by atoms with Gasteiger partial charge in [0.25, 0.3) is 0 Å². The monoisotopic (exact) mass is 278 g/mol.